The Bertz CT molecular complexity index is 945. The zero-order valence-corrected chi connectivity index (χ0v) is 13.3. The molecule has 0 spiro atoms. The van der Waals surface area contributed by atoms with Crippen LogP contribution >= 0.6 is 34.5 Å². The first-order chi connectivity index (χ1) is 10.6. The van der Waals surface area contributed by atoms with E-state index in [2.05, 4.69) is 4.98 Å². The van der Waals surface area contributed by atoms with Crippen LogP contribution in [0, 0.1) is 0 Å². The number of nitrogens with zero attached hydrogens (tertiary/aromatic N) is 2. The topological polar surface area (TPSA) is 51.4 Å². The summed E-state index contributed by atoms with van der Waals surface area (Å²) >= 11 is 12.5. The highest BCUT2D eigenvalue weighted by Crippen LogP contribution is 2.20. The van der Waals surface area contributed by atoms with Crippen LogP contribution < -0.4 is 5.56 Å². The van der Waals surface area contributed by atoms with E-state index in [1.54, 1.807) is 6.08 Å². The van der Waals surface area contributed by atoms with Crippen molar-refractivity contribution < 1.29 is 4.79 Å². The predicted molar refractivity (Wildman–Crippen MR) is 89.9 cm³/mol. The molecule has 3 rings (SSSR count). The van der Waals surface area contributed by atoms with Gasteiger partial charge in [0.15, 0.2) is 4.96 Å². The maximum absolute atomic E-state index is 12.2. The van der Waals surface area contributed by atoms with Crippen molar-refractivity contribution in [3.05, 3.63) is 68.0 Å². The monoisotopic (exact) mass is 350 g/mol. The first-order valence-corrected chi connectivity index (χ1v) is 7.78. The van der Waals surface area contributed by atoms with Gasteiger partial charge in [-0.15, -0.1) is 0 Å². The smallest absolute Gasteiger partial charge is 0.275 e. The van der Waals surface area contributed by atoms with Crippen molar-refractivity contribution in [2.45, 2.75) is 0 Å². The van der Waals surface area contributed by atoms with Crippen molar-refractivity contribution in [3.8, 4) is 0 Å². The molecule has 0 saturated carbocycles. The first-order valence-electron chi connectivity index (χ1n) is 6.21. The molecule has 0 N–H and O–H groups in total. The number of hydrogen-bond acceptors (Lipinski definition) is 4. The van der Waals surface area contributed by atoms with Crippen LogP contribution in [-0.4, -0.2) is 14.6 Å². The van der Waals surface area contributed by atoms with Crippen LogP contribution in [0.3, 0.4) is 0 Å². The molecular weight excluding hydrogens is 343 g/mol. The third kappa shape index (κ3) is 2.83. The van der Waals surface area contributed by atoms with Gasteiger partial charge in [-0.1, -0.05) is 59.3 Å². The minimum absolute atomic E-state index is 0.00366. The van der Waals surface area contributed by atoms with E-state index < -0.39 is 10.8 Å². The van der Waals surface area contributed by atoms with Crippen molar-refractivity contribution in [2.24, 2.45) is 0 Å². The fourth-order valence-electron chi connectivity index (χ4n) is 1.88. The minimum atomic E-state index is -0.632. The number of carbonyl (C=O) groups is 1. The number of hydrogen-bond donors (Lipinski definition) is 0. The highest BCUT2D eigenvalue weighted by molar-refractivity contribution is 7.20. The van der Waals surface area contributed by atoms with Gasteiger partial charge >= 0.3 is 0 Å². The van der Waals surface area contributed by atoms with Crippen molar-refractivity contribution in [1.29, 1.82) is 0 Å². The van der Waals surface area contributed by atoms with Gasteiger partial charge in [0.1, 0.15) is 9.90 Å². The standard InChI is InChI=1S/C15H8Cl2N2O2S/c16-12-10(7-6-9-4-2-1-3-5-9)18-15-19(14(12)21)8-11(22-15)13(17)20/h1-8H/b7-6+. The Balaban J connectivity index is 2.10. The maximum atomic E-state index is 12.2. The third-order valence-corrected chi connectivity index (χ3v) is 4.58. The molecule has 0 amide bonds. The van der Waals surface area contributed by atoms with Crippen molar-refractivity contribution in [2.75, 3.05) is 0 Å². The summed E-state index contributed by atoms with van der Waals surface area (Å²) in [5.74, 6) is 0. The second-order valence-corrected chi connectivity index (χ2v) is 6.11. The molecule has 22 heavy (non-hydrogen) atoms. The van der Waals surface area contributed by atoms with Crippen LogP contribution in [0.25, 0.3) is 17.1 Å². The van der Waals surface area contributed by atoms with Crippen LogP contribution in [0.4, 0.5) is 0 Å². The number of carbonyl (C=O) groups excluding carboxylic acids is 1. The molecule has 3 aromatic rings. The van der Waals surface area contributed by atoms with Gasteiger partial charge in [0.25, 0.3) is 10.8 Å². The molecule has 0 saturated heterocycles. The van der Waals surface area contributed by atoms with Gasteiger partial charge in [0.2, 0.25) is 0 Å². The molecule has 0 atom stereocenters. The second-order valence-electron chi connectivity index (χ2n) is 4.38. The van der Waals surface area contributed by atoms with Crippen LogP contribution in [0.5, 0.6) is 0 Å². The third-order valence-electron chi connectivity index (χ3n) is 2.93. The Hall–Kier alpha value is -1.95. The number of benzene rings is 1. The van der Waals surface area contributed by atoms with E-state index in [4.69, 9.17) is 23.2 Å². The molecule has 1 aromatic carbocycles. The van der Waals surface area contributed by atoms with Gasteiger partial charge in [0.05, 0.1) is 5.69 Å². The van der Waals surface area contributed by atoms with Crippen LogP contribution in [0.1, 0.15) is 20.9 Å². The summed E-state index contributed by atoms with van der Waals surface area (Å²) < 4.78 is 1.22. The Morgan fingerprint density at radius 2 is 1.95 bits per heavy atom. The lowest BCUT2D eigenvalue weighted by molar-refractivity contribution is 0.108. The lowest BCUT2D eigenvalue weighted by atomic mass is 10.2. The predicted octanol–water partition coefficient (Wildman–Crippen LogP) is 3.96. The van der Waals surface area contributed by atoms with Gasteiger partial charge in [-0.3, -0.25) is 14.0 Å². The molecule has 0 aliphatic rings. The van der Waals surface area contributed by atoms with Gasteiger partial charge in [-0.05, 0) is 23.2 Å². The Kier molecular flexibility index (Phi) is 4.11. The molecule has 2 aromatic heterocycles. The van der Waals surface area contributed by atoms with Crippen molar-refractivity contribution in [1.82, 2.24) is 9.38 Å². The fourth-order valence-corrected chi connectivity index (χ4v) is 3.05. The molecule has 0 fully saturated rings. The molecule has 0 aliphatic heterocycles. The molecule has 0 unspecified atom stereocenters. The highest BCUT2D eigenvalue weighted by atomic mass is 35.5. The highest BCUT2D eigenvalue weighted by Gasteiger charge is 2.14. The normalized spacial score (nSPS) is 11.4. The lowest BCUT2D eigenvalue weighted by Crippen LogP contribution is -2.14. The summed E-state index contributed by atoms with van der Waals surface area (Å²) in [7, 11) is 0. The Labute approximate surface area is 139 Å². The summed E-state index contributed by atoms with van der Waals surface area (Å²) in [6, 6.07) is 9.57. The van der Waals surface area contributed by atoms with Crippen molar-refractivity contribution >= 4 is 56.9 Å². The largest absolute Gasteiger partial charge is 0.277 e. The average Bonchev–Trinajstić information content (AvgIpc) is 2.95. The molecule has 4 nitrogen and oxygen atoms in total. The first kappa shape index (κ1) is 15.0. The number of rotatable bonds is 3. The molecular formula is C15H8Cl2N2O2S. The maximum Gasteiger partial charge on any atom is 0.277 e. The molecule has 0 aliphatic carbocycles. The molecule has 2 heterocycles. The number of fused-ring (bicyclic) bond motifs is 1. The summed E-state index contributed by atoms with van der Waals surface area (Å²) in [4.78, 5) is 28.3. The van der Waals surface area contributed by atoms with E-state index in [1.165, 1.54) is 10.6 Å². The van der Waals surface area contributed by atoms with E-state index in [0.717, 1.165) is 16.9 Å². The summed E-state index contributed by atoms with van der Waals surface area (Å²) in [6.45, 7) is 0. The van der Waals surface area contributed by atoms with Gasteiger partial charge in [0, 0.05) is 6.20 Å². The van der Waals surface area contributed by atoms with E-state index >= 15 is 0 Å². The van der Waals surface area contributed by atoms with E-state index in [0.29, 0.717) is 10.7 Å². The average molecular weight is 351 g/mol. The Morgan fingerprint density at radius 1 is 1.23 bits per heavy atom. The quantitative estimate of drug-likeness (QED) is 0.671. The molecule has 7 heteroatoms. The molecule has 0 radical (unpaired) electrons. The molecule has 110 valence electrons. The summed E-state index contributed by atoms with van der Waals surface area (Å²) in [5, 5.41) is -0.636. The SMILES string of the molecule is O=C(Cl)c1cn2c(=O)c(Cl)c(/C=C/c3ccccc3)nc2s1. The van der Waals surface area contributed by atoms with E-state index in [-0.39, 0.29) is 9.90 Å². The number of aromatic nitrogens is 2. The minimum Gasteiger partial charge on any atom is -0.275 e. The van der Waals surface area contributed by atoms with Crippen LogP contribution in [0.2, 0.25) is 5.02 Å². The van der Waals surface area contributed by atoms with Gasteiger partial charge < -0.3 is 0 Å². The zero-order chi connectivity index (χ0) is 15.7. The van der Waals surface area contributed by atoms with Gasteiger partial charge in [-0.2, -0.15) is 0 Å². The lowest BCUT2D eigenvalue weighted by Gasteiger charge is -1.98. The summed E-state index contributed by atoms with van der Waals surface area (Å²) in [6.07, 6.45) is 4.83. The van der Waals surface area contributed by atoms with E-state index in [1.807, 2.05) is 36.4 Å². The molecule has 0 bridgehead atoms. The van der Waals surface area contributed by atoms with E-state index in [9.17, 15) is 9.59 Å². The fraction of sp³-hybridized carbons (Fsp3) is 0. The Morgan fingerprint density at radius 3 is 2.64 bits per heavy atom. The second kappa shape index (κ2) is 6.04. The van der Waals surface area contributed by atoms with Crippen molar-refractivity contribution in [3.63, 3.8) is 0 Å². The van der Waals surface area contributed by atoms with Crippen LogP contribution in [0.15, 0.2) is 41.3 Å². The van der Waals surface area contributed by atoms with Gasteiger partial charge in [-0.25, -0.2) is 4.98 Å². The number of halogens is 2. The summed E-state index contributed by atoms with van der Waals surface area (Å²) in [5.41, 5.74) is 0.883. The number of thiazole rings is 1. The van der Waals surface area contributed by atoms with Crippen LogP contribution in [-0.2, 0) is 0 Å². The zero-order valence-electron chi connectivity index (χ0n) is 11.0.